The molecule has 1 atom stereocenters. The molecule has 1 unspecified atom stereocenters. The molecule has 0 spiro atoms. The number of hydrogen-bond acceptors (Lipinski definition) is 2. The lowest BCUT2D eigenvalue weighted by atomic mass is 10.4. The number of hydrogen-bond donors (Lipinski definition) is 0. The van der Waals surface area contributed by atoms with Crippen molar-refractivity contribution in [3.05, 3.63) is 60.7 Å². The lowest BCUT2D eigenvalue weighted by molar-refractivity contribution is 0.587. The van der Waals surface area contributed by atoms with E-state index in [2.05, 4.69) is 22.9 Å². The maximum absolute atomic E-state index is 13.8. The summed E-state index contributed by atoms with van der Waals surface area (Å²) < 4.78 is 13.7. The molecule has 20 heavy (non-hydrogen) atoms. The molecule has 0 aliphatic heterocycles. The summed E-state index contributed by atoms with van der Waals surface area (Å²) in [5.74, 6) is 1.88. The van der Waals surface area contributed by atoms with E-state index in [1.165, 1.54) is 0 Å². The zero-order valence-corrected chi connectivity index (χ0v) is 14.7. The molecule has 0 bridgehead atoms. The molecule has 2 aromatic carbocycles. The number of alkyl halides is 1. The number of halogens is 1. The maximum Gasteiger partial charge on any atom is 0.157 e. The Labute approximate surface area is 133 Å². The Bertz CT molecular complexity index is 530. The van der Waals surface area contributed by atoms with E-state index in [9.17, 15) is 4.57 Å². The number of rotatable bonds is 6. The van der Waals surface area contributed by atoms with Crippen molar-refractivity contribution in [2.45, 2.75) is 11.5 Å². The van der Waals surface area contributed by atoms with Crippen molar-refractivity contribution in [3.8, 4) is 0 Å². The van der Waals surface area contributed by atoms with Crippen LogP contribution in [0.4, 0.5) is 0 Å². The summed E-state index contributed by atoms with van der Waals surface area (Å²) in [5.41, 5.74) is 0. The molecule has 2 rings (SSSR count). The lowest BCUT2D eigenvalue weighted by Crippen LogP contribution is -2.23. The normalized spacial score (nSPS) is 13.1. The predicted octanol–water partition coefficient (Wildman–Crippen LogP) is 4.47. The van der Waals surface area contributed by atoms with Gasteiger partial charge in [-0.05, 0) is 5.75 Å². The van der Waals surface area contributed by atoms with E-state index >= 15 is 0 Å². The van der Waals surface area contributed by atoms with E-state index in [4.69, 9.17) is 0 Å². The molecule has 4 heteroatoms. The summed E-state index contributed by atoms with van der Waals surface area (Å²) in [5, 5.41) is 1.84. The topological polar surface area (TPSA) is 17.1 Å². The first-order valence-corrected chi connectivity index (χ1v) is 10.5. The van der Waals surface area contributed by atoms with Crippen LogP contribution in [0.25, 0.3) is 0 Å². The van der Waals surface area contributed by atoms with Crippen molar-refractivity contribution in [1.82, 2.24) is 0 Å². The zero-order valence-electron chi connectivity index (χ0n) is 11.4. The Morgan fingerprint density at radius 3 is 1.85 bits per heavy atom. The van der Waals surface area contributed by atoms with Crippen LogP contribution in [0.5, 0.6) is 0 Å². The van der Waals surface area contributed by atoms with Gasteiger partial charge in [0.1, 0.15) is 0 Å². The van der Waals surface area contributed by atoms with Crippen LogP contribution in [0.1, 0.15) is 6.92 Å². The van der Waals surface area contributed by atoms with E-state index in [1.54, 1.807) is 0 Å². The Hall–Kier alpha value is -0.500. The van der Waals surface area contributed by atoms with E-state index in [0.717, 1.165) is 22.1 Å². The molecule has 0 saturated heterocycles. The van der Waals surface area contributed by atoms with Crippen molar-refractivity contribution in [2.75, 3.05) is 11.5 Å². The fraction of sp³-hybridized carbons (Fsp3) is 0.250. The molecule has 0 aliphatic rings. The summed E-state index contributed by atoms with van der Waals surface area (Å²) in [6, 6.07) is 19.6. The quantitative estimate of drug-likeness (QED) is 0.552. The Kier molecular flexibility index (Phi) is 5.95. The molecule has 2 aromatic rings. The molecule has 0 aliphatic carbocycles. The molecular formula is C16H18BrOPS. The second-order valence-electron chi connectivity index (χ2n) is 4.42. The van der Waals surface area contributed by atoms with Gasteiger partial charge in [-0.3, -0.25) is 0 Å². The highest BCUT2D eigenvalue weighted by atomic mass is 79.9. The average molecular weight is 369 g/mol. The van der Waals surface area contributed by atoms with E-state index < -0.39 is 7.14 Å². The Morgan fingerprint density at radius 1 is 1.00 bits per heavy atom. The van der Waals surface area contributed by atoms with Gasteiger partial charge in [0.15, 0.2) is 7.14 Å². The van der Waals surface area contributed by atoms with Crippen LogP contribution in [0, 0.1) is 0 Å². The van der Waals surface area contributed by atoms with Crippen LogP contribution in [-0.2, 0) is 4.57 Å². The zero-order chi connectivity index (χ0) is 14.4. The Balaban J connectivity index is 2.47. The van der Waals surface area contributed by atoms with Crippen molar-refractivity contribution >= 4 is 45.4 Å². The summed E-state index contributed by atoms with van der Waals surface area (Å²) in [6.07, 6.45) is 0. The van der Waals surface area contributed by atoms with Crippen LogP contribution in [0.15, 0.2) is 60.7 Å². The number of thioether (sulfide) groups is 1. The van der Waals surface area contributed by atoms with Gasteiger partial charge in [0.2, 0.25) is 0 Å². The van der Waals surface area contributed by atoms with Crippen molar-refractivity contribution < 1.29 is 4.57 Å². The SMILES string of the molecule is CCSCC(Br)P(=O)(c1ccccc1)c1ccccc1. The summed E-state index contributed by atoms with van der Waals surface area (Å²) in [7, 11) is -2.65. The molecule has 0 fully saturated rings. The smallest absolute Gasteiger partial charge is 0.157 e. The third-order valence-corrected chi connectivity index (χ3v) is 9.94. The predicted molar refractivity (Wildman–Crippen MR) is 95.5 cm³/mol. The van der Waals surface area contributed by atoms with E-state index in [0.29, 0.717) is 0 Å². The fourth-order valence-electron chi connectivity index (χ4n) is 2.09. The van der Waals surface area contributed by atoms with Crippen LogP contribution in [-0.4, -0.2) is 16.1 Å². The van der Waals surface area contributed by atoms with E-state index in [1.807, 2.05) is 72.4 Å². The molecule has 1 nitrogen and oxygen atoms in total. The molecule has 106 valence electrons. The van der Waals surface area contributed by atoms with Gasteiger partial charge in [-0.1, -0.05) is 83.5 Å². The van der Waals surface area contributed by atoms with Crippen LogP contribution in [0.3, 0.4) is 0 Å². The highest BCUT2D eigenvalue weighted by Gasteiger charge is 2.34. The van der Waals surface area contributed by atoms with Gasteiger partial charge in [-0.15, -0.1) is 0 Å². The molecule has 0 radical (unpaired) electrons. The largest absolute Gasteiger partial charge is 0.312 e. The molecule has 0 N–H and O–H groups in total. The molecule has 0 amide bonds. The number of benzene rings is 2. The second-order valence-corrected chi connectivity index (χ2v) is 10.5. The highest BCUT2D eigenvalue weighted by molar-refractivity contribution is 9.11. The van der Waals surface area contributed by atoms with Gasteiger partial charge < -0.3 is 4.57 Å². The van der Waals surface area contributed by atoms with Crippen LogP contribution in [0.2, 0.25) is 0 Å². The van der Waals surface area contributed by atoms with Gasteiger partial charge in [0.25, 0.3) is 0 Å². The third kappa shape index (κ3) is 3.39. The average Bonchev–Trinajstić information content (AvgIpc) is 2.53. The molecule has 0 saturated carbocycles. The van der Waals surface area contributed by atoms with Gasteiger partial charge in [0, 0.05) is 16.4 Å². The molecule has 0 heterocycles. The van der Waals surface area contributed by atoms with E-state index in [-0.39, 0.29) is 4.57 Å². The van der Waals surface area contributed by atoms with Crippen molar-refractivity contribution in [2.24, 2.45) is 0 Å². The van der Waals surface area contributed by atoms with Gasteiger partial charge in [-0.2, -0.15) is 11.8 Å². The highest BCUT2D eigenvalue weighted by Crippen LogP contribution is 2.52. The van der Waals surface area contributed by atoms with Gasteiger partial charge in [-0.25, -0.2) is 0 Å². The minimum Gasteiger partial charge on any atom is -0.312 e. The maximum atomic E-state index is 13.8. The first-order valence-electron chi connectivity index (χ1n) is 6.62. The summed E-state index contributed by atoms with van der Waals surface area (Å²) >= 11 is 5.50. The first kappa shape index (κ1) is 15.9. The van der Waals surface area contributed by atoms with Crippen molar-refractivity contribution in [3.63, 3.8) is 0 Å². The Morgan fingerprint density at radius 2 is 1.45 bits per heavy atom. The standard InChI is InChI=1S/C16H18BrOPS/c1-2-20-13-16(17)19(18,14-9-5-3-6-10-14)15-11-7-4-8-12-15/h3-12,16H,2,13H2,1H3. The van der Waals surface area contributed by atoms with Gasteiger partial charge in [0.05, 0.1) is 4.57 Å². The minimum atomic E-state index is -2.65. The lowest BCUT2D eigenvalue weighted by Gasteiger charge is -2.24. The fourth-order valence-corrected chi connectivity index (χ4v) is 7.83. The summed E-state index contributed by atoms with van der Waals surface area (Å²) in [4.78, 5) is 0. The molecule has 0 aromatic heterocycles. The van der Waals surface area contributed by atoms with Gasteiger partial charge >= 0.3 is 0 Å². The van der Waals surface area contributed by atoms with Crippen LogP contribution >= 0.6 is 34.8 Å². The monoisotopic (exact) mass is 368 g/mol. The summed E-state index contributed by atoms with van der Waals surface area (Å²) in [6.45, 7) is 2.13. The first-order chi connectivity index (χ1) is 9.69. The minimum absolute atomic E-state index is 0.0373. The van der Waals surface area contributed by atoms with Crippen LogP contribution < -0.4 is 10.6 Å². The van der Waals surface area contributed by atoms with Crippen molar-refractivity contribution in [1.29, 1.82) is 0 Å². The third-order valence-electron chi connectivity index (χ3n) is 3.13. The second kappa shape index (κ2) is 7.49. The molecular weight excluding hydrogens is 351 g/mol.